The zero-order chi connectivity index (χ0) is 8.69. The molecule has 64 valence electrons. The Morgan fingerprint density at radius 1 is 1.55 bits per heavy atom. The van der Waals surface area contributed by atoms with Crippen LogP contribution in [0.1, 0.15) is 19.8 Å². The molecule has 11 heavy (non-hydrogen) atoms. The van der Waals surface area contributed by atoms with Crippen LogP contribution in [-0.2, 0) is 14.5 Å². The van der Waals surface area contributed by atoms with E-state index in [1.54, 1.807) is 0 Å². The summed E-state index contributed by atoms with van der Waals surface area (Å²) < 4.78 is 11.0. The molecule has 0 aromatic carbocycles. The maximum Gasteiger partial charge on any atom is 0.348 e. The third-order valence-electron chi connectivity index (χ3n) is 1.02. The molecular formula is C6H10FNO3. The molecule has 0 heterocycles. The van der Waals surface area contributed by atoms with Gasteiger partial charge in [0.2, 0.25) is 5.91 Å². The van der Waals surface area contributed by atoms with Gasteiger partial charge in [0.05, 0.1) is 6.42 Å². The van der Waals surface area contributed by atoms with Crippen molar-refractivity contribution in [3.05, 3.63) is 0 Å². The fourth-order valence-corrected chi connectivity index (χ4v) is 0.536. The van der Waals surface area contributed by atoms with Crippen LogP contribution in [0.4, 0.5) is 4.53 Å². The van der Waals surface area contributed by atoms with Crippen LogP contribution in [-0.4, -0.2) is 18.4 Å². The molecule has 0 aliphatic heterocycles. The van der Waals surface area contributed by atoms with Gasteiger partial charge >= 0.3 is 5.97 Å². The average molecular weight is 163 g/mol. The van der Waals surface area contributed by atoms with Gasteiger partial charge in [-0.25, -0.2) is 4.79 Å². The molecule has 0 radical (unpaired) electrons. The maximum absolute atomic E-state index is 11.0. The molecule has 1 amide bonds. The van der Waals surface area contributed by atoms with Gasteiger partial charge in [-0.15, -0.1) is 0 Å². The minimum absolute atomic E-state index is 0.0171. The van der Waals surface area contributed by atoms with Crippen molar-refractivity contribution in [1.82, 2.24) is 5.32 Å². The smallest absolute Gasteiger partial charge is 0.348 e. The lowest BCUT2D eigenvalue weighted by Crippen LogP contribution is -2.21. The second kappa shape index (κ2) is 5.64. The maximum atomic E-state index is 11.0. The van der Waals surface area contributed by atoms with Gasteiger partial charge in [-0.1, -0.05) is 0 Å². The van der Waals surface area contributed by atoms with E-state index in [-0.39, 0.29) is 12.3 Å². The van der Waals surface area contributed by atoms with Crippen molar-refractivity contribution in [2.24, 2.45) is 0 Å². The Labute approximate surface area is 63.6 Å². The summed E-state index contributed by atoms with van der Waals surface area (Å²) in [6.07, 6.45) is 0.374. The Kier molecular flexibility index (Phi) is 5.06. The fourth-order valence-electron chi connectivity index (χ4n) is 0.536. The van der Waals surface area contributed by atoms with Gasteiger partial charge in [0, 0.05) is 18.0 Å². The molecule has 0 fully saturated rings. The van der Waals surface area contributed by atoms with Gasteiger partial charge in [0.25, 0.3) is 0 Å². The highest BCUT2D eigenvalue weighted by molar-refractivity contribution is 5.73. The molecule has 0 unspecified atom stereocenters. The van der Waals surface area contributed by atoms with Crippen LogP contribution in [0.15, 0.2) is 0 Å². The largest absolute Gasteiger partial charge is 0.356 e. The highest BCUT2D eigenvalue weighted by Crippen LogP contribution is 1.90. The summed E-state index contributed by atoms with van der Waals surface area (Å²) >= 11 is 0. The van der Waals surface area contributed by atoms with E-state index in [0.717, 1.165) is 0 Å². The van der Waals surface area contributed by atoms with E-state index in [1.807, 2.05) is 0 Å². The minimum Gasteiger partial charge on any atom is -0.356 e. The predicted molar refractivity (Wildman–Crippen MR) is 35.1 cm³/mol. The molecule has 0 aliphatic carbocycles. The molecule has 0 saturated carbocycles. The minimum atomic E-state index is -0.907. The van der Waals surface area contributed by atoms with E-state index in [9.17, 15) is 14.1 Å². The van der Waals surface area contributed by atoms with E-state index in [4.69, 9.17) is 0 Å². The summed E-state index contributed by atoms with van der Waals surface area (Å²) in [7, 11) is 0. The van der Waals surface area contributed by atoms with Crippen molar-refractivity contribution in [1.29, 1.82) is 0 Å². The number of hydrogen-bond acceptors (Lipinski definition) is 3. The van der Waals surface area contributed by atoms with Gasteiger partial charge < -0.3 is 5.32 Å². The lowest BCUT2D eigenvalue weighted by Gasteiger charge is -1.98. The molecule has 0 bridgehead atoms. The number of halogens is 1. The first-order valence-corrected chi connectivity index (χ1v) is 3.22. The van der Waals surface area contributed by atoms with Crippen molar-refractivity contribution >= 4 is 11.9 Å². The first-order chi connectivity index (χ1) is 5.16. The van der Waals surface area contributed by atoms with E-state index in [2.05, 4.69) is 10.3 Å². The number of nitrogens with one attached hydrogen (secondary N) is 1. The second-order valence-corrected chi connectivity index (χ2v) is 2.04. The van der Waals surface area contributed by atoms with E-state index < -0.39 is 5.97 Å². The third kappa shape index (κ3) is 6.76. The monoisotopic (exact) mass is 163 g/mol. The standard InChI is InChI=1S/C6H10FNO3/c1-5(9)8-4-2-3-6(10)11-7/h2-4H2,1H3,(H,8,9). The van der Waals surface area contributed by atoms with E-state index in [0.29, 0.717) is 13.0 Å². The van der Waals surface area contributed by atoms with Crippen LogP contribution >= 0.6 is 0 Å². The Balaban J connectivity index is 3.14. The highest BCUT2D eigenvalue weighted by Gasteiger charge is 2.01. The third-order valence-corrected chi connectivity index (χ3v) is 1.02. The molecule has 5 heteroatoms. The van der Waals surface area contributed by atoms with Crippen LogP contribution in [0.3, 0.4) is 0 Å². The Morgan fingerprint density at radius 3 is 2.64 bits per heavy atom. The summed E-state index contributed by atoms with van der Waals surface area (Å²) in [5, 5.41) is 2.46. The number of amides is 1. The lowest BCUT2D eigenvalue weighted by molar-refractivity contribution is -0.183. The topological polar surface area (TPSA) is 55.4 Å². The zero-order valence-electron chi connectivity index (χ0n) is 6.22. The normalized spacial score (nSPS) is 8.91. The molecule has 0 aromatic heterocycles. The van der Waals surface area contributed by atoms with Gasteiger partial charge in [0.15, 0.2) is 0 Å². The summed E-state index contributed by atoms with van der Waals surface area (Å²) in [5.74, 6) is -1.08. The summed E-state index contributed by atoms with van der Waals surface area (Å²) in [6, 6.07) is 0. The fraction of sp³-hybridized carbons (Fsp3) is 0.667. The molecule has 0 rings (SSSR count). The Bertz CT molecular complexity index is 149. The molecule has 0 aromatic rings. The number of carbonyl (C=O) groups excluding carboxylic acids is 2. The SMILES string of the molecule is CC(=O)NCCCC(=O)OF. The highest BCUT2D eigenvalue weighted by atomic mass is 19.3. The second-order valence-electron chi connectivity index (χ2n) is 2.04. The van der Waals surface area contributed by atoms with Gasteiger partial charge in [0.1, 0.15) is 0 Å². The van der Waals surface area contributed by atoms with Crippen molar-refractivity contribution in [3.8, 4) is 0 Å². The van der Waals surface area contributed by atoms with E-state index >= 15 is 0 Å². The van der Waals surface area contributed by atoms with Crippen LogP contribution in [0.2, 0.25) is 0 Å². The molecule has 1 N–H and O–H groups in total. The summed E-state index contributed by atoms with van der Waals surface area (Å²) in [6.45, 7) is 1.73. The van der Waals surface area contributed by atoms with Crippen LogP contribution in [0.5, 0.6) is 0 Å². The van der Waals surface area contributed by atoms with Crippen molar-refractivity contribution in [2.45, 2.75) is 19.8 Å². The predicted octanol–water partition coefficient (Wildman–Crippen LogP) is 0.330. The quantitative estimate of drug-likeness (QED) is 0.607. The summed E-state index contributed by atoms with van der Waals surface area (Å²) in [5.41, 5.74) is 0. The molecule has 0 saturated heterocycles. The number of hydrogen-bond donors (Lipinski definition) is 1. The Hall–Kier alpha value is -1.13. The molecule has 0 atom stereocenters. The first kappa shape index (κ1) is 9.87. The van der Waals surface area contributed by atoms with Crippen LogP contribution in [0, 0.1) is 0 Å². The summed E-state index contributed by atoms with van der Waals surface area (Å²) in [4.78, 5) is 23.3. The van der Waals surface area contributed by atoms with Crippen molar-refractivity contribution < 1.29 is 19.1 Å². The van der Waals surface area contributed by atoms with Crippen LogP contribution < -0.4 is 5.32 Å². The molecular weight excluding hydrogens is 153 g/mol. The van der Waals surface area contributed by atoms with E-state index in [1.165, 1.54) is 6.92 Å². The lowest BCUT2D eigenvalue weighted by atomic mass is 10.3. The van der Waals surface area contributed by atoms with Gasteiger partial charge in [-0.05, 0) is 6.42 Å². The van der Waals surface area contributed by atoms with Crippen molar-refractivity contribution in [2.75, 3.05) is 6.54 Å². The van der Waals surface area contributed by atoms with Crippen molar-refractivity contribution in [3.63, 3.8) is 0 Å². The van der Waals surface area contributed by atoms with Gasteiger partial charge in [-0.2, -0.15) is 0 Å². The number of rotatable bonds is 4. The molecule has 0 aliphatic rings. The molecule has 4 nitrogen and oxygen atoms in total. The average Bonchev–Trinajstić information content (AvgIpc) is 1.97. The van der Waals surface area contributed by atoms with Crippen LogP contribution in [0.25, 0.3) is 0 Å². The zero-order valence-corrected chi connectivity index (χ0v) is 6.22. The molecule has 0 spiro atoms. The van der Waals surface area contributed by atoms with Gasteiger partial charge in [-0.3, -0.25) is 9.74 Å². The number of carbonyl (C=O) groups is 2. The first-order valence-electron chi connectivity index (χ1n) is 3.22. The Morgan fingerprint density at radius 2 is 2.18 bits per heavy atom.